The van der Waals surface area contributed by atoms with Crippen molar-refractivity contribution in [3.05, 3.63) is 30.3 Å². The minimum absolute atomic E-state index is 0.248. The Morgan fingerprint density at radius 1 is 0.933 bits per heavy atom. The van der Waals surface area contributed by atoms with E-state index in [0.717, 1.165) is 0 Å². The molecule has 1 aromatic rings. The maximum Gasteiger partial charge on any atom is 0.575 e. The molecular weight excluding hydrogens is 215 g/mol. The van der Waals surface area contributed by atoms with Gasteiger partial charge in [-0.1, -0.05) is 30.3 Å². The molecule has 0 saturated carbocycles. The van der Waals surface area contributed by atoms with Crippen LogP contribution < -0.4 is 5.19 Å². The molecule has 0 aliphatic carbocycles. The molecule has 0 bridgehead atoms. The number of benzene rings is 1. The Kier molecular flexibility index (Phi) is 3.47. The van der Waals surface area contributed by atoms with Gasteiger partial charge in [0.25, 0.3) is 0 Å². The average molecular weight is 228 g/mol. The highest BCUT2D eigenvalue weighted by atomic mass is 28.4. The average Bonchev–Trinajstić information content (AvgIpc) is 2.25. The Bertz CT molecular complexity index is 299. The van der Waals surface area contributed by atoms with Gasteiger partial charge in [-0.15, -0.1) is 0 Å². The lowest BCUT2D eigenvalue weighted by Crippen LogP contribution is -2.52. The third-order valence-corrected chi connectivity index (χ3v) is 4.32. The summed E-state index contributed by atoms with van der Waals surface area (Å²) in [6, 6.07) is 8.81. The molecule has 1 aromatic carbocycles. The van der Waals surface area contributed by atoms with Crippen molar-refractivity contribution in [2.24, 2.45) is 0 Å². The normalized spacial score (nSPS) is 21.7. The first-order valence-electron chi connectivity index (χ1n) is 4.91. The summed E-state index contributed by atoms with van der Waals surface area (Å²) in [4.78, 5) is 0. The fourth-order valence-electron chi connectivity index (χ4n) is 1.41. The Balaban J connectivity index is 2.15. The van der Waals surface area contributed by atoms with E-state index in [0.29, 0.717) is 18.4 Å². The van der Waals surface area contributed by atoms with Gasteiger partial charge in [0.2, 0.25) is 0 Å². The van der Waals surface area contributed by atoms with Gasteiger partial charge in [0, 0.05) is 5.19 Å². The van der Waals surface area contributed by atoms with Crippen LogP contribution in [0.25, 0.3) is 0 Å². The van der Waals surface area contributed by atoms with Crippen LogP contribution in [0.4, 0.5) is 4.11 Å². The van der Waals surface area contributed by atoms with E-state index in [2.05, 4.69) is 0 Å². The molecule has 2 rings (SSSR count). The van der Waals surface area contributed by atoms with E-state index in [4.69, 9.17) is 13.6 Å². The van der Waals surface area contributed by atoms with Crippen LogP contribution >= 0.6 is 0 Å². The molecule has 1 aliphatic heterocycles. The lowest BCUT2D eigenvalue weighted by Gasteiger charge is -2.24. The number of hydrogen-bond donors (Lipinski definition) is 0. The zero-order valence-corrected chi connectivity index (χ0v) is 9.32. The first-order chi connectivity index (χ1) is 7.31. The molecule has 0 N–H and O–H groups in total. The molecular formula is C10H13FO3Si. The molecule has 0 aromatic heterocycles. The number of ether oxygens (including phenoxy) is 1. The summed E-state index contributed by atoms with van der Waals surface area (Å²) in [5, 5.41) is 0.520. The van der Waals surface area contributed by atoms with E-state index in [1.54, 1.807) is 24.3 Å². The quantitative estimate of drug-likeness (QED) is 0.527. The van der Waals surface area contributed by atoms with Crippen molar-refractivity contribution in [2.75, 3.05) is 26.4 Å². The minimum Gasteiger partial charge on any atom is -0.377 e. The Morgan fingerprint density at radius 2 is 1.53 bits per heavy atom. The van der Waals surface area contributed by atoms with Crippen molar-refractivity contribution >= 4 is 14.1 Å². The highest BCUT2D eigenvalue weighted by molar-refractivity contribution is 6.74. The summed E-state index contributed by atoms with van der Waals surface area (Å²) >= 11 is 0. The Morgan fingerprint density at radius 3 is 2.13 bits per heavy atom. The molecule has 5 heteroatoms. The van der Waals surface area contributed by atoms with E-state index in [-0.39, 0.29) is 13.2 Å². The Hall–Kier alpha value is -0.753. The third kappa shape index (κ3) is 2.63. The van der Waals surface area contributed by atoms with E-state index in [9.17, 15) is 4.11 Å². The van der Waals surface area contributed by atoms with Crippen LogP contribution in [0.5, 0.6) is 0 Å². The second kappa shape index (κ2) is 4.85. The first-order valence-corrected chi connectivity index (χ1v) is 6.61. The fourth-order valence-corrected chi connectivity index (χ4v) is 3.11. The van der Waals surface area contributed by atoms with Crippen LogP contribution in [0.1, 0.15) is 0 Å². The largest absolute Gasteiger partial charge is 0.575 e. The lowest BCUT2D eigenvalue weighted by molar-refractivity contribution is 0.0158. The number of rotatable bonds is 1. The molecule has 15 heavy (non-hydrogen) atoms. The topological polar surface area (TPSA) is 27.7 Å². The van der Waals surface area contributed by atoms with Gasteiger partial charge in [-0.3, -0.25) is 0 Å². The van der Waals surface area contributed by atoms with Crippen LogP contribution in [0, 0.1) is 0 Å². The summed E-state index contributed by atoms with van der Waals surface area (Å²) in [5.74, 6) is 0. The van der Waals surface area contributed by atoms with Crippen molar-refractivity contribution < 1.29 is 17.7 Å². The summed E-state index contributed by atoms with van der Waals surface area (Å²) in [6.45, 7) is 1.35. The standard InChI is InChI=1S/C10H13FO3Si/c11-15(10-4-2-1-3-5-10)13-8-6-12-7-9-14-15/h1-5H,6-9H2. The van der Waals surface area contributed by atoms with Gasteiger partial charge in [-0.25, -0.2) is 4.11 Å². The van der Waals surface area contributed by atoms with E-state index >= 15 is 0 Å². The van der Waals surface area contributed by atoms with Gasteiger partial charge in [0.15, 0.2) is 0 Å². The molecule has 0 amide bonds. The summed E-state index contributed by atoms with van der Waals surface area (Å²) in [7, 11) is -3.68. The molecule has 1 aliphatic rings. The molecule has 0 unspecified atom stereocenters. The van der Waals surface area contributed by atoms with Crippen LogP contribution in [-0.2, 0) is 13.6 Å². The monoisotopic (exact) mass is 228 g/mol. The maximum absolute atomic E-state index is 14.4. The van der Waals surface area contributed by atoms with E-state index < -0.39 is 8.89 Å². The second-order valence-electron chi connectivity index (χ2n) is 3.21. The first kappa shape index (κ1) is 10.8. The van der Waals surface area contributed by atoms with Crippen molar-refractivity contribution in [2.45, 2.75) is 0 Å². The van der Waals surface area contributed by atoms with Crippen LogP contribution in [0.2, 0.25) is 0 Å². The van der Waals surface area contributed by atoms with Gasteiger partial charge in [-0.2, -0.15) is 0 Å². The molecule has 1 heterocycles. The maximum atomic E-state index is 14.4. The molecule has 3 nitrogen and oxygen atoms in total. The number of halogens is 1. The fraction of sp³-hybridized carbons (Fsp3) is 0.400. The molecule has 0 atom stereocenters. The SMILES string of the molecule is F[Si]1(c2ccccc2)OCCOCCO1. The van der Waals surface area contributed by atoms with Crippen molar-refractivity contribution in [1.29, 1.82) is 0 Å². The van der Waals surface area contributed by atoms with Crippen molar-refractivity contribution in [1.82, 2.24) is 0 Å². The molecule has 1 saturated heterocycles. The second-order valence-corrected chi connectivity index (χ2v) is 5.44. The smallest absolute Gasteiger partial charge is 0.377 e. The summed E-state index contributed by atoms with van der Waals surface area (Å²) in [6.07, 6.45) is 0. The van der Waals surface area contributed by atoms with Crippen LogP contribution in [0.15, 0.2) is 30.3 Å². The van der Waals surface area contributed by atoms with Crippen LogP contribution in [-0.4, -0.2) is 35.3 Å². The lowest BCUT2D eigenvalue weighted by atomic mass is 10.4. The molecule has 0 spiro atoms. The number of hydrogen-bond acceptors (Lipinski definition) is 3. The minimum atomic E-state index is -3.68. The zero-order chi connectivity index (χ0) is 10.6. The predicted molar refractivity (Wildman–Crippen MR) is 55.7 cm³/mol. The van der Waals surface area contributed by atoms with E-state index in [1.807, 2.05) is 6.07 Å². The molecule has 0 radical (unpaired) electrons. The van der Waals surface area contributed by atoms with Crippen LogP contribution in [0.3, 0.4) is 0 Å². The summed E-state index contributed by atoms with van der Waals surface area (Å²) < 4.78 is 29.9. The zero-order valence-electron chi connectivity index (χ0n) is 8.32. The highest BCUT2D eigenvalue weighted by Crippen LogP contribution is 2.11. The molecule has 82 valence electrons. The predicted octanol–water partition coefficient (Wildman–Crippen LogP) is 0.865. The van der Waals surface area contributed by atoms with Gasteiger partial charge < -0.3 is 13.6 Å². The van der Waals surface area contributed by atoms with Crippen molar-refractivity contribution in [3.63, 3.8) is 0 Å². The molecule has 1 fully saturated rings. The van der Waals surface area contributed by atoms with Crippen molar-refractivity contribution in [3.8, 4) is 0 Å². The van der Waals surface area contributed by atoms with Gasteiger partial charge in [-0.05, 0) is 0 Å². The Labute approximate surface area is 89.2 Å². The van der Waals surface area contributed by atoms with Gasteiger partial charge in [0.1, 0.15) is 0 Å². The van der Waals surface area contributed by atoms with E-state index in [1.165, 1.54) is 0 Å². The summed E-state index contributed by atoms with van der Waals surface area (Å²) in [5.41, 5.74) is 0. The third-order valence-electron chi connectivity index (χ3n) is 2.15. The van der Waals surface area contributed by atoms with Gasteiger partial charge >= 0.3 is 8.89 Å². The van der Waals surface area contributed by atoms with Gasteiger partial charge in [0.05, 0.1) is 26.4 Å². The highest BCUT2D eigenvalue weighted by Gasteiger charge is 2.43.